The average molecular weight is 281 g/mol. The molecule has 0 radical (unpaired) electrons. The summed E-state index contributed by atoms with van der Waals surface area (Å²) in [6.45, 7) is 0. The fourth-order valence-corrected chi connectivity index (χ4v) is 3.70. The first-order chi connectivity index (χ1) is 7.42. The Balaban J connectivity index is 2.33. The molecule has 88 valence electrons. The molecule has 0 spiro atoms. The van der Waals surface area contributed by atoms with Crippen molar-refractivity contribution in [3.63, 3.8) is 0 Å². The maximum absolute atomic E-state index is 14.3. The van der Waals surface area contributed by atoms with Gasteiger partial charge in [0.2, 0.25) is 0 Å². The summed E-state index contributed by atoms with van der Waals surface area (Å²) in [5.74, 6) is 1.23. The minimum Gasteiger partial charge on any atom is -0.238 e. The minimum atomic E-state index is -3.72. The van der Waals surface area contributed by atoms with Crippen LogP contribution in [0.3, 0.4) is 0 Å². The van der Waals surface area contributed by atoms with E-state index >= 15 is 0 Å². The van der Waals surface area contributed by atoms with Crippen LogP contribution in [0.2, 0.25) is 0 Å². The Kier molecular flexibility index (Phi) is 3.20. The normalized spacial score (nSPS) is 25.9. The fourth-order valence-electron chi connectivity index (χ4n) is 1.68. The molecule has 1 aliphatic rings. The first kappa shape index (κ1) is 12.2. The van der Waals surface area contributed by atoms with Gasteiger partial charge in [0.05, 0.1) is 4.90 Å². The van der Waals surface area contributed by atoms with Gasteiger partial charge in [-0.05, 0) is 29.9 Å². The van der Waals surface area contributed by atoms with Crippen molar-refractivity contribution in [3.05, 3.63) is 29.8 Å². The van der Waals surface area contributed by atoms with Gasteiger partial charge in [0.1, 0.15) is 5.67 Å². The third-order valence-electron chi connectivity index (χ3n) is 2.63. The van der Waals surface area contributed by atoms with Crippen LogP contribution in [0.15, 0.2) is 29.2 Å². The molecule has 0 bridgehead atoms. The zero-order valence-corrected chi connectivity index (χ0v) is 10.7. The Morgan fingerprint density at radius 2 is 1.94 bits per heavy atom. The largest absolute Gasteiger partial charge is 0.261 e. The molecule has 16 heavy (non-hydrogen) atoms. The number of hydrogen-bond donors (Lipinski definition) is 0. The number of halogens is 2. The van der Waals surface area contributed by atoms with Crippen LogP contribution in [0.25, 0.3) is 0 Å². The third kappa shape index (κ3) is 2.36. The van der Waals surface area contributed by atoms with Crippen molar-refractivity contribution in [1.29, 1.82) is 0 Å². The molecule has 1 unspecified atom stereocenters. The lowest BCUT2D eigenvalue weighted by Crippen LogP contribution is -2.18. The summed E-state index contributed by atoms with van der Waals surface area (Å²) in [5.41, 5.74) is -0.791. The van der Waals surface area contributed by atoms with Crippen molar-refractivity contribution in [2.24, 2.45) is 0 Å². The molecule has 1 aliphatic heterocycles. The highest BCUT2D eigenvalue weighted by molar-refractivity contribution is 8.13. The zero-order valence-electron chi connectivity index (χ0n) is 8.32. The monoisotopic (exact) mass is 280 g/mol. The first-order valence-corrected chi connectivity index (χ1v) is 8.20. The molecular formula is C10H10ClFO2S2. The molecule has 0 amide bonds. The molecule has 1 aromatic rings. The molecule has 1 heterocycles. The molecule has 0 N–H and O–H groups in total. The highest BCUT2D eigenvalue weighted by Crippen LogP contribution is 2.40. The van der Waals surface area contributed by atoms with E-state index in [0.717, 1.165) is 5.75 Å². The van der Waals surface area contributed by atoms with Crippen LogP contribution in [-0.2, 0) is 14.7 Å². The van der Waals surface area contributed by atoms with Crippen LogP contribution < -0.4 is 0 Å². The molecular weight excluding hydrogens is 271 g/mol. The predicted molar refractivity (Wildman–Crippen MR) is 64.2 cm³/mol. The van der Waals surface area contributed by atoms with E-state index in [2.05, 4.69) is 0 Å². The van der Waals surface area contributed by atoms with Crippen LogP contribution in [0.1, 0.15) is 12.0 Å². The standard InChI is InChI=1S/C10H10ClFO2S2/c11-16(13,14)9-3-1-8(2-4-9)10(12)5-6-15-7-10/h1-4H,5-7H2. The Morgan fingerprint density at radius 1 is 1.31 bits per heavy atom. The van der Waals surface area contributed by atoms with E-state index in [1.54, 1.807) is 11.8 Å². The van der Waals surface area contributed by atoms with Crippen LogP contribution in [0.5, 0.6) is 0 Å². The Bertz CT molecular complexity index is 478. The van der Waals surface area contributed by atoms with E-state index < -0.39 is 14.7 Å². The van der Waals surface area contributed by atoms with Crippen molar-refractivity contribution in [3.8, 4) is 0 Å². The molecule has 1 fully saturated rings. The van der Waals surface area contributed by atoms with Gasteiger partial charge >= 0.3 is 0 Å². The molecule has 2 rings (SSSR count). The van der Waals surface area contributed by atoms with Gasteiger partial charge in [0.25, 0.3) is 9.05 Å². The summed E-state index contributed by atoms with van der Waals surface area (Å²) in [7, 11) is 1.46. The summed E-state index contributed by atoms with van der Waals surface area (Å²) in [5, 5.41) is 0. The lowest BCUT2D eigenvalue weighted by Gasteiger charge is -2.18. The number of hydrogen-bond acceptors (Lipinski definition) is 3. The van der Waals surface area contributed by atoms with Gasteiger partial charge in [-0.1, -0.05) is 12.1 Å². The van der Waals surface area contributed by atoms with Gasteiger partial charge < -0.3 is 0 Å². The van der Waals surface area contributed by atoms with Crippen molar-refractivity contribution in [2.45, 2.75) is 17.0 Å². The van der Waals surface area contributed by atoms with E-state index in [-0.39, 0.29) is 4.90 Å². The number of alkyl halides is 1. The van der Waals surface area contributed by atoms with Crippen molar-refractivity contribution < 1.29 is 12.8 Å². The van der Waals surface area contributed by atoms with Crippen molar-refractivity contribution in [1.82, 2.24) is 0 Å². The fraction of sp³-hybridized carbons (Fsp3) is 0.400. The molecule has 1 aromatic carbocycles. The van der Waals surface area contributed by atoms with Gasteiger partial charge in [-0.15, -0.1) is 0 Å². The maximum Gasteiger partial charge on any atom is 0.261 e. The molecule has 0 aromatic heterocycles. The van der Waals surface area contributed by atoms with Crippen molar-refractivity contribution in [2.75, 3.05) is 11.5 Å². The van der Waals surface area contributed by atoms with Gasteiger partial charge in [0, 0.05) is 16.4 Å². The predicted octanol–water partition coefficient (Wildman–Crippen LogP) is 2.92. The van der Waals surface area contributed by atoms with Crippen LogP contribution in [0.4, 0.5) is 4.39 Å². The van der Waals surface area contributed by atoms with Gasteiger partial charge in [-0.3, -0.25) is 0 Å². The Morgan fingerprint density at radius 3 is 2.38 bits per heavy atom. The zero-order chi connectivity index (χ0) is 11.8. The molecule has 1 atom stereocenters. The third-order valence-corrected chi connectivity index (χ3v) is 5.15. The minimum absolute atomic E-state index is 0.00664. The summed E-state index contributed by atoms with van der Waals surface area (Å²) in [4.78, 5) is 0.00664. The number of rotatable bonds is 2. The quantitative estimate of drug-likeness (QED) is 0.781. The topological polar surface area (TPSA) is 34.1 Å². The molecule has 0 saturated carbocycles. The molecule has 2 nitrogen and oxygen atoms in total. The summed E-state index contributed by atoms with van der Waals surface area (Å²) in [6.07, 6.45) is 0.477. The summed E-state index contributed by atoms with van der Waals surface area (Å²) < 4.78 is 36.3. The molecule has 1 saturated heterocycles. The van der Waals surface area contributed by atoms with E-state index in [9.17, 15) is 12.8 Å². The highest BCUT2D eigenvalue weighted by Gasteiger charge is 2.36. The van der Waals surface area contributed by atoms with E-state index in [0.29, 0.717) is 17.7 Å². The Labute approximate surface area is 103 Å². The van der Waals surface area contributed by atoms with E-state index in [1.165, 1.54) is 24.3 Å². The van der Waals surface area contributed by atoms with Gasteiger partial charge in [-0.25, -0.2) is 12.8 Å². The second-order valence-electron chi connectivity index (χ2n) is 3.73. The van der Waals surface area contributed by atoms with Crippen LogP contribution in [-0.4, -0.2) is 19.9 Å². The Hall–Kier alpha value is -0.260. The SMILES string of the molecule is O=S(=O)(Cl)c1ccc(C2(F)CCSC2)cc1. The molecule has 6 heteroatoms. The van der Waals surface area contributed by atoms with E-state index in [1.807, 2.05) is 0 Å². The lowest BCUT2D eigenvalue weighted by atomic mass is 9.95. The smallest absolute Gasteiger partial charge is 0.238 e. The number of thioether (sulfide) groups is 1. The highest BCUT2D eigenvalue weighted by atomic mass is 35.7. The number of benzene rings is 1. The molecule has 0 aliphatic carbocycles. The van der Waals surface area contributed by atoms with Crippen LogP contribution >= 0.6 is 22.4 Å². The maximum atomic E-state index is 14.3. The summed E-state index contributed by atoms with van der Waals surface area (Å²) >= 11 is 1.57. The van der Waals surface area contributed by atoms with Gasteiger partial charge in [-0.2, -0.15) is 11.8 Å². The first-order valence-electron chi connectivity index (χ1n) is 4.74. The van der Waals surface area contributed by atoms with Gasteiger partial charge in [0.15, 0.2) is 0 Å². The second-order valence-corrected chi connectivity index (χ2v) is 7.40. The average Bonchev–Trinajstić information content (AvgIpc) is 2.66. The van der Waals surface area contributed by atoms with E-state index in [4.69, 9.17) is 10.7 Å². The lowest BCUT2D eigenvalue weighted by molar-refractivity contribution is 0.202. The van der Waals surface area contributed by atoms with Crippen molar-refractivity contribution >= 4 is 31.5 Å². The second kappa shape index (κ2) is 4.20. The summed E-state index contributed by atoms with van der Waals surface area (Å²) in [6, 6.07) is 5.70. The van der Waals surface area contributed by atoms with Crippen LogP contribution in [0, 0.1) is 0 Å².